The van der Waals surface area contributed by atoms with Gasteiger partial charge in [0.25, 0.3) is 0 Å². The van der Waals surface area contributed by atoms with E-state index in [0.717, 1.165) is 11.1 Å². The maximum Gasteiger partial charge on any atom is 0.337 e. The summed E-state index contributed by atoms with van der Waals surface area (Å²) in [6, 6.07) is 5.27. The van der Waals surface area contributed by atoms with Crippen LogP contribution in [-0.2, 0) is 14.3 Å². The summed E-state index contributed by atoms with van der Waals surface area (Å²) in [7, 11) is 1.34. The Morgan fingerprint density at radius 2 is 1.91 bits per heavy atom. The minimum absolute atomic E-state index is 0.180. The highest BCUT2D eigenvalue weighted by molar-refractivity contribution is 5.89. The molecule has 0 fully saturated rings. The topological polar surface area (TPSA) is 78.6 Å². The zero-order chi connectivity index (χ0) is 16.9. The Morgan fingerprint density at radius 3 is 2.41 bits per heavy atom. The van der Waals surface area contributed by atoms with Gasteiger partial charge in [0.05, 0.1) is 19.1 Å². The molecule has 122 valence electrons. The van der Waals surface area contributed by atoms with Gasteiger partial charge in [-0.15, -0.1) is 0 Å². The summed E-state index contributed by atoms with van der Waals surface area (Å²) >= 11 is 0. The van der Waals surface area contributed by atoms with Crippen molar-refractivity contribution < 1.29 is 19.1 Å². The maximum atomic E-state index is 12.0. The number of methoxy groups -OCH3 is 1. The average molecular weight is 307 g/mol. The van der Waals surface area contributed by atoms with Gasteiger partial charge in [0, 0.05) is 5.92 Å². The molecular weight excluding hydrogens is 282 g/mol. The van der Waals surface area contributed by atoms with E-state index < -0.39 is 11.6 Å². The first-order valence-corrected chi connectivity index (χ1v) is 7.28. The van der Waals surface area contributed by atoms with Gasteiger partial charge in [0.15, 0.2) is 0 Å². The Bertz CT molecular complexity index is 546. The van der Waals surface area contributed by atoms with Crippen LogP contribution < -0.4 is 5.73 Å². The second kappa shape index (κ2) is 7.40. The number of carbonyl (C=O) groups is 2. The smallest absolute Gasteiger partial charge is 0.337 e. The van der Waals surface area contributed by atoms with Gasteiger partial charge in [-0.3, -0.25) is 4.79 Å². The summed E-state index contributed by atoms with van der Waals surface area (Å²) in [6.45, 7) is 7.70. The minimum Gasteiger partial charge on any atom is -0.465 e. The van der Waals surface area contributed by atoms with Crippen LogP contribution in [0.25, 0.3) is 0 Å². The molecular formula is C17H25NO4. The van der Waals surface area contributed by atoms with E-state index in [0.29, 0.717) is 12.1 Å². The molecule has 0 radical (unpaired) electrons. The predicted molar refractivity (Wildman–Crippen MR) is 84.8 cm³/mol. The van der Waals surface area contributed by atoms with E-state index in [9.17, 15) is 9.59 Å². The van der Waals surface area contributed by atoms with Gasteiger partial charge in [-0.05, 0) is 57.5 Å². The number of esters is 2. The van der Waals surface area contributed by atoms with Crippen molar-refractivity contribution in [2.75, 3.05) is 13.7 Å². The van der Waals surface area contributed by atoms with Crippen LogP contribution in [-0.4, -0.2) is 31.2 Å². The molecule has 0 aromatic heterocycles. The molecule has 0 amide bonds. The molecule has 1 unspecified atom stereocenters. The third kappa shape index (κ3) is 5.15. The number of nitrogens with two attached hydrogens (primary N) is 1. The van der Waals surface area contributed by atoms with Gasteiger partial charge < -0.3 is 15.2 Å². The zero-order valence-electron chi connectivity index (χ0n) is 13.9. The number of hydrogen-bond donors (Lipinski definition) is 1. The Labute approximate surface area is 131 Å². The molecule has 1 aromatic rings. The van der Waals surface area contributed by atoms with Crippen molar-refractivity contribution in [3.63, 3.8) is 0 Å². The molecule has 0 aliphatic carbocycles. The number of hydrogen-bond acceptors (Lipinski definition) is 5. The fraction of sp³-hybridized carbons (Fsp3) is 0.529. The maximum absolute atomic E-state index is 12.0. The van der Waals surface area contributed by atoms with Gasteiger partial charge in [0.2, 0.25) is 0 Å². The van der Waals surface area contributed by atoms with Gasteiger partial charge in [0.1, 0.15) is 5.60 Å². The Kier molecular flexibility index (Phi) is 6.11. The van der Waals surface area contributed by atoms with Gasteiger partial charge in [-0.1, -0.05) is 6.07 Å². The lowest BCUT2D eigenvalue weighted by atomic mass is 9.90. The normalized spacial score (nSPS) is 12.6. The summed E-state index contributed by atoms with van der Waals surface area (Å²) < 4.78 is 10.1. The molecule has 0 aliphatic heterocycles. The van der Waals surface area contributed by atoms with Gasteiger partial charge in [-0.25, -0.2) is 4.79 Å². The molecule has 5 heteroatoms. The quantitative estimate of drug-likeness (QED) is 0.846. The second-order valence-corrected chi connectivity index (χ2v) is 6.29. The lowest BCUT2D eigenvalue weighted by Gasteiger charge is -2.23. The standard InChI is InChI=1S/C17H25NO4/c1-11-6-7-12(16(20)21-5)8-14(11)13(10-18)9-15(19)22-17(2,3)4/h6-8,13H,9-10,18H2,1-5H3. The summed E-state index contributed by atoms with van der Waals surface area (Å²) in [5.41, 5.74) is 7.59. The summed E-state index contributed by atoms with van der Waals surface area (Å²) in [5.74, 6) is -0.903. The van der Waals surface area contributed by atoms with Crippen LogP contribution in [0.5, 0.6) is 0 Å². The second-order valence-electron chi connectivity index (χ2n) is 6.29. The van der Waals surface area contributed by atoms with Crippen LogP contribution >= 0.6 is 0 Å². The van der Waals surface area contributed by atoms with Gasteiger partial charge >= 0.3 is 11.9 Å². The molecule has 0 spiro atoms. The molecule has 0 saturated heterocycles. The zero-order valence-corrected chi connectivity index (χ0v) is 13.9. The summed E-state index contributed by atoms with van der Waals surface area (Å²) in [5, 5.41) is 0. The van der Waals surface area contributed by atoms with Crippen LogP contribution in [0.2, 0.25) is 0 Å². The van der Waals surface area contributed by atoms with E-state index in [1.54, 1.807) is 12.1 Å². The molecule has 0 aliphatic rings. The van der Waals surface area contributed by atoms with E-state index >= 15 is 0 Å². The van der Waals surface area contributed by atoms with Crippen LogP contribution in [0, 0.1) is 6.92 Å². The number of benzene rings is 1. The Hall–Kier alpha value is -1.88. The van der Waals surface area contributed by atoms with Gasteiger partial charge in [-0.2, -0.15) is 0 Å². The highest BCUT2D eigenvalue weighted by Gasteiger charge is 2.22. The van der Waals surface area contributed by atoms with E-state index in [1.807, 2.05) is 33.8 Å². The average Bonchev–Trinajstić information content (AvgIpc) is 2.42. The van der Waals surface area contributed by atoms with Crippen LogP contribution in [0.4, 0.5) is 0 Å². The van der Waals surface area contributed by atoms with Crippen molar-refractivity contribution in [2.45, 2.75) is 45.6 Å². The number of carbonyl (C=O) groups excluding carboxylic acids is 2. The van der Waals surface area contributed by atoms with Crippen molar-refractivity contribution in [2.24, 2.45) is 5.73 Å². The molecule has 1 aromatic carbocycles. The summed E-state index contributed by atoms with van der Waals surface area (Å²) in [4.78, 5) is 23.7. The van der Waals surface area contributed by atoms with Crippen LogP contribution in [0.1, 0.15) is 54.6 Å². The van der Waals surface area contributed by atoms with E-state index in [2.05, 4.69) is 0 Å². The molecule has 5 nitrogen and oxygen atoms in total. The molecule has 0 saturated carbocycles. The minimum atomic E-state index is -0.529. The SMILES string of the molecule is COC(=O)c1ccc(C)c(C(CN)CC(=O)OC(C)(C)C)c1. The Balaban J connectivity index is 2.99. The van der Waals surface area contributed by atoms with Crippen LogP contribution in [0.15, 0.2) is 18.2 Å². The molecule has 22 heavy (non-hydrogen) atoms. The molecule has 2 N–H and O–H groups in total. The fourth-order valence-electron chi connectivity index (χ4n) is 2.23. The monoisotopic (exact) mass is 307 g/mol. The highest BCUT2D eigenvalue weighted by Crippen LogP contribution is 2.25. The third-order valence-corrected chi connectivity index (χ3v) is 3.26. The van der Waals surface area contributed by atoms with Crippen molar-refractivity contribution in [1.29, 1.82) is 0 Å². The number of rotatable bonds is 5. The highest BCUT2D eigenvalue weighted by atomic mass is 16.6. The van der Waals surface area contributed by atoms with E-state index in [4.69, 9.17) is 15.2 Å². The molecule has 0 bridgehead atoms. The van der Waals surface area contributed by atoms with E-state index in [-0.39, 0.29) is 18.3 Å². The van der Waals surface area contributed by atoms with Crippen molar-refractivity contribution in [3.8, 4) is 0 Å². The van der Waals surface area contributed by atoms with Crippen molar-refractivity contribution >= 4 is 11.9 Å². The number of ether oxygens (including phenoxy) is 2. The first-order valence-electron chi connectivity index (χ1n) is 7.28. The van der Waals surface area contributed by atoms with Crippen LogP contribution in [0.3, 0.4) is 0 Å². The van der Waals surface area contributed by atoms with E-state index in [1.165, 1.54) is 7.11 Å². The third-order valence-electron chi connectivity index (χ3n) is 3.26. The largest absolute Gasteiger partial charge is 0.465 e. The number of aryl methyl sites for hydroxylation is 1. The lowest BCUT2D eigenvalue weighted by molar-refractivity contribution is -0.155. The molecule has 1 atom stereocenters. The predicted octanol–water partition coefficient (Wildman–Crippen LogP) is 2.56. The lowest BCUT2D eigenvalue weighted by Crippen LogP contribution is -2.26. The van der Waals surface area contributed by atoms with Crippen molar-refractivity contribution in [3.05, 3.63) is 34.9 Å². The first kappa shape index (κ1) is 18.2. The molecule has 1 rings (SSSR count). The first-order chi connectivity index (χ1) is 10.2. The summed E-state index contributed by atoms with van der Waals surface area (Å²) in [6.07, 6.45) is 0.180. The Morgan fingerprint density at radius 1 is 1.27 bits per heavy atom. The fourth-order valence-corrected chi connectivity index (χ4v) is 2.23. The van der Waals surface area contributed by atoms with Crippen molar-refractivity contribution in [1.82, 2.24) is 0 Å². The molecule has 0 heterocycles.